The van der Waals surface area contributed by atoms with Crippen LogP contribution in [0, 0.1) is 11.7 Å². The molecule has 0 bridgehead atoms. The fraction of sp³-hybridized carbons (Fsp3) is 0.429. The molecule has 2 aromatic rings. The minimum Gasteiger partial charge on any atom is -0.387 e. The molecule has 1 heterocycles. The lowest BCUT2D eigenvalue weighted by Gasteiger charge is -2.38. The van der Waals surface area contributed by atoms with Gasteiger partial charge in [-0.15, -0.1) is 0 Å². The highest BCUT2D eigenvalue weighted by Gasteiger charge is 2.27. The van der Waals surface area contributed by atoms with Crippen molar-refractivity contribution < 1.29 is 9.50 Å². The Bertz CT molecular complexity index is 620. The van der Waals surface area contributed by atoms with Crippen molar-refractivity contribution in [1.82, 2.24) is 4.90 Å². The third kappa shape index (κ3) is 4.22. The lowest BCUT2D eigenvalue weighted by Crippen LogP contribution is -2.43. The van der Waals surface area contributed by atoms with E-state index >= 15 is 0 Å². The Morgan fingerprint density at radius 3 is 2.29 bits per heavy atom. The fourth-order valence-corrected chi connectivity index (χ4v) is 3.65. The van der Waals surface area contributed by atoms with Crippen LogP contribution in [0.1, 0.15) is 37.0 Å². The number of aliphatic hydroxyl groups excluding tert-OH is 1. The van der Waals surface area contributed by atoms with Gasteiger partial charge in [-0.05, 0) is 68.5 Å². The molecule has 0 spiro atoms. The van der Waals surface area contributed by atoms with Crippen LogP contribution in [-0.2, 0) is 6.42 Å². The van der Waals surface area contributed by atoms with Crippen LogP contribution in [0.15, 0.2) is 54.6 Å². The Morgan fingerprint density at radius 2 is 1.67 bits per heavy atom. The van der Waals surface area contributed by atoms with Crippen LogP contribution in [0.25, 0.3) is 0 Å². The Balaban J connectivity index is 1.53. The minimum absolute atomic E-state index is 0.0492. The first kappa shape index (κ1) is 17.1. The molecule has 1 aliphatic rings. The molecule has 1 saturated heterocycles. The summed E-state index contributed by atoms with van der Waals surface area (Å²) in [5.41, 5.74) is 2.20. The van der Waals surface area contributed by atoms with E-state index in [4.69, 9.17) is 0 Å². The molecule has 0 amide bonds. The molecule has 2 aromatic carbocycles. The number of halogens is 1. The highest BCUT2D eigenvalue weighted by molar-refractivity contribution is 5.20. The van der Waals surface area contributed by atoms with E-state index in [2.05, 4.69) is 42.2 Å². The van der Waals surface area contributed by atoms with Crippen LogP contribution in [0.2, 0.25) is 0 Å². The highest BCUT2D eigenvalue weighted by Crippen LogP contribution is 2.27. The molecule has 3 rings (SSSR count). The molecule has 2 unspecified atom stereocenters. The zero-order valence-electron chi connectivity index (χ0n) is 14.2. The lowest BCUT2D eigenvalue weighted by atomic mass is 9.89. The van der Waals surface area contributed by atoms with Crippen molar-refractivity contribution >= 4 is 0 Å². The molecule has 0 aliphatic carbocycles. The summed E-state index contributed by atoms with van der Waals surface area (Å²) in [6, 6.07) is 16.9. The van der Waals surface area contributed by atoms with E-state index in [1.165, 1.54) is 17.7 Å². The summed E-state index contributed by atoms with van der Waals surface area (Å²) in [6.45, 7) is 4.08. The van der Waals surface area contributed by atoms with Crippen LogP contribution >= 0.6 is 0 Å². The molecule has 128 valence electrons. The third-order valence-electron chi connectivity index (χ3n) is 5.26. The van der Waals surface area contributed by atoms with Gasteiger partial charge in [-0.2, -0.15) is 0 Å². The van der Waals surface area contributed by atoms with Crippen molar-refractivity contribution in [3.63, 3.8) is 0 Å². The van der Waals surface area contributed by atoms with Gasteiger partial charge >= 0.3 is 0 Å². The van der Waals surface area contributed by atoms with E-state index in [0.29, 0.717) is 0 Å². The number of nitrogens with zero attached hydrogens (tertiary/aromatic N) is 1. The monoisotopic (exact) mass is 327 g/mol. The average Bonchev–Trinajstić information content (AvgIpc) is 2.63. The van der Waals surface area contributed by atoms with Gasteiger partial charge < -0.3 is 5.11 Å². The van der Waals surface area contributed by atoms with Crippen molar-refractivity contribution in [2.45, 2.75) is 38.3 Å². The van der Waals surface area contributed by atoms with Crippen LogP contribution in [0.3, 0.4) is 0 Å². The number of piperidine rings is 1. The summed E-state index contributed by atoms with van der Waals surface area (Å²) in [5.74, 6) is 0.458. The maximum Gasteiger partial charge on any atom is 0.123 e. The second-order valence-electron chi connectivity index (χ2n) is 6.91. The predicted molar refractivity (Wildman–Crippen MR) is 95.3 cm³/mol. The van der Waals surface area contributed by atoms with E-state index < -0.39 is 6.10 Å². The molecule has 24 heavy (non-hydrogen) atoms. The molecule has 3 heteroatoms. The Hall–Kier alpha value is -1.71. The normalized spacial score (nSPS) is 19.1. The van der Waals surface area contributed by atoms with Gasteiger partial charge in [-0.1, -0.05) is 42.5 Å². The van der Waals surface area contributed by atoms with Crippen molar-refractivity contribution in [3.05, 3.63) is 71.5 Å². The minimum atomic E-state index is -0.573. The number of hydrogen-bond acceptors (Lipinski definition) is 2. The van der Waals surface area contributed by atoms with Crippen molar-refractivity contribution in [1.29, 1.82) is 0 Å². The highest BCUT2D eigenvalue weighted by atomic mass is 19.1. The van der Waals surface area contributed by atoms with Gasteiger partial charge in [-0.3, -0.25) is 4.90 Å². The number of benzene rings is 2. The van der Waals surface area contributed by atoms with E-state index in [1.54, 1.807) is 12.1 Å². The Kier molecular flexibility index (Phi) is 5.64. The van der Waals surface area contributed by atoms with Gasteiger partial charge in [0.1, 0.15) is 5.82 Å². The van der Waals surface area contributed by atoms with Gasteiger partial charge in [0.15, 0.2) is 0 Å². The molecule has 1 N–H and O–H groups in total. The standard InChI is InChI=1S/C21H26FNO/c1-16(21(24)19-7-9-20(22)10-8-19)23-13-11-18(12-14-23)15-17-5-3-2-4-6-17/h2-10,16,18,21,24H,11-15H2,1H3. The van der Waals surface area contributed by atoms with E-state index in [9.17, 15) is 9.50 Å². The predicted octanol–water partition coefficient (Wildman–Crippen LogP) is 4.20. The lowest BCUT2D eigenvalue weighted by molar-refractivity contribution is 0.0373. The summed E-state index contributed by atoms with van der Waals surface area (Å²) in [7, 11) is 0. The smallest absolute Gasteiger partial charge is 0.123 e. The molecule has 0 aromatic heterocycles. The summed E-state index contributed by atoms with van der Waals surface area (Å²) < 4.78 is 13.0. The Morgan fingerprint density at radius 1 is 1.04 bits per heavy atom. The maximum absolute atomic E-state index is 13.0. The number of likely N-dealkylation sites (tertiary alicyclic amines) is 1. The van der Waals surface area contributed by atoms with Gasteiger partial charge in [0.25, 0.3) is 0 Å². The first-order valence-corrected chi connectivity index (χ1v) is 8.85. The molecule has 1 aliphatic heterocycles. The summed E-state index contributed by atoms with van der Waals surface area (Å²) in [5, 5.41) is 10.6. The zero-order valence-corrected chi connectivity index (χ0v) is 14.2. The largest absolute Gasteiger partial charge is 0.387 e. The third-order valence-corrected chi connectivity index (χ3v) is 5.26. The van der Waals surface area contributed by atoms with Gasteiger partial charge in [0.2, 0.25) is 0 Å². The molecular weight excluding hydrogens is 301 g/mol. The molecule has 1 fully saturated rings. The van der Waals surface area contributed by atoms with Crippen molar-refractivity contribution in [2.24, 2.45) is 5.92 Å². The zero-order chi connectivity index (χ0) is 16.9. The quantitative estimate of drug-likeness (QED) is 0.889. The SMILES string of the molecule is CC(C(O)c1ccc(F)cc1)N1CCC(Cc2ccccc2)CC1. The molecule has 0 radical (unpaired) electrons. The van der Waals surface area contributed by atoms with E-state index in [-0.39, 0.29) is 11.9 Å². The van der Waals surface area contributed by atoms with Crippen LogP contribution < -0.4 is 0 Å². The first-order chi connectivity index (χ1) is 11.6. The number of hydrogen-bond donors (Lipinski definition) is 1. The first-order valence-electron chi connectivity index (χ1n) is 8.85. The topological polar surface area (TPSA) is 23.5 Å². The van der Waals surface area contributed by atoms with Crippen LogP contribution in [-0.4, -0.2) is 29.1 Å². The summed E-state index contributed by atoms with van der Waals surface area (Å²) >= 11 is 0. The number of rotatable bonds is 5. The van der Waals surface area contributed by atoms with E-state index in [1.807, 2.05) is 0 Å². The number of aliphatic hydroxyl groups is 1. The molecule has 2 atom stereocenters. The maximum atomic E-state index is 13.0. The second-order valence-corrected chi connectivity index (χ2v) is 6.91. The summed E-state index contributed by atoms with van der Waals surface area (Å²) in [6.07, 6.45) is 2.89. The fourth-order valence-electron chi connectivity index (χ4n) is 3.65. The van der Waals surface area contributed by atoms with Crippen LogP contribution in [0.4, 0.5) is 4.39 Å². The molecular formula is C21H26FNO. The second kappa shape index (κ2) is 7.91. The average molecular weight is 327 g/mol. The summed E-state index contributed by atoms with van der Waals surface area (Å²) in [4.78, 5) is 2.36. The van der Waals surface area contributed by atoms with Gasteiger partial charge in [0, 0.05) is 6.04 Å². The van der Waals surface area contributed by atoms with Crippen molar-refractivity contribution in [3.8, 4) is 0 Å². The van der Waals surface area contributed by atoms with Crippen molar-refractivity contribution in [2.75, 3.05) is 13.1 Å². The van der Waals surface area contributed by atoms with Gasteiger partial charge in [0.05, 0.1) is 6.10 Å². The van der Waals surface area contributed by atoms with E-state index in [0.717, 1.165) is 43.8 Å². The van der Waals surface area contributed by atoms with Crippen LogP contribution in [0.5, 0.6) is 0 Å². The Labute approximate surface area is 143 Å². The molecule has 0 saturated carbocycles. The molecule has 2 nitrogen and oxygen atoms in total. The van der Waals surface area contributed by atoms with Gasteiger partial charge in [-0.25, -0.2) is 4.39 Å².